The Morgan fingerprint density at radius 1 is 1.29 bits per heavy atom. The summed E-state index contributed by atoms with van der Waals surface area (Å²) in [5.41, 5.74) is 6.33. The number of hydrazine groups is 1. The Kier molecular flexibility index (Phi) is 5.17. The van der Waals surface area contributed by atoms with Crippen molar-refractivity contribution in [1.82, 2.24) is 14.7 Å². The highest BCUT2D eigenvalue weighted by Gasteiger charge is 2.24. The monoisotopic (exact) mass is 314 g/mol. The van der Waals surface area contributed by atoms with Gasteiger partial charge in [0.2, 0.25) is 0 Å². The third kappa shape index (κ3) is 3.92. The van der Waals surface area contributed by atoms with Gasteiger partial charge in [-0.2, -0.15) is 0 Å². The van der Waals surface area contributed by atoms with E-state index in [0.717, 1.165) is 18.7 Å². The zero-order chi connectivity index (χ0) is 15.5. The molecule has 2 rings (SSSR count). The summed E-state index contributed by atoms with van der Waals surface area (Å²) in [6.45, 7) is 3.22. The normalized spacial score (nSPS) is 17.9. The van der Waals surface area contributed by atoms with E-state index >= 15 is 0 Å². The van der Waals surface area contributed by atoms with Crippen molar-refractivity contribution >= 4 is 10.0 Å². The maximum absolute atomic E-state index is 12.5. The van der Waals surface area contributed by atoms with Crippen LogP contribution >= 0.6 is 0 Å². The molecule has 1 aromatic rings. The molecule has 0 radical (unpaired) electrons. The molecular weight excluding hydrogens is 292 g/mol. The summed E-state index contributed by atoms with van der Waals surface area (Å²) < 4.78 is 30.2. The maximum Gasteiger partial charge on any atom is 0.257 e. The van der Waals surface area contributed by atoms with Crippen LogP contribution in [0.1, 0.15) is 5.56 Å². The average Bonchev–Trinajstić information content (AvgIpc) is 2.48. The van der Waals surface area contributed by atoms with E-state index in [1.54, 1.807) is 23.2 Å². The molecule has 8 heteroatoms. The Labute approximate surface area is 125 Å². The predicted octanol–water partition coefficient (Wildman–Crippen LogP) is -0.405. The number of benzene rings is 1. The number of nitrogens with zero attached hydrogens (tertiary/aromatic N) is 2. The number of sulfonamides is 1. The van der Waals surface area contributed by atoms with Gasteiger partial charge in [0.1, 0.15) is 10.6 Å². The topological polar surface area (TPSA) is 87.9 Å². The molecule has 0 aromatic heterocycles. The van der Waals surface area contributed by atoms with Crippen LogP contribution in [-0.2, 0) is 16.6 Å². The number of nitrogens with one attached hydrogen (secondary N) is 1. The zero-order valence-corrected chi connectivity index (χ0v) is 13.2. The minimum atomic E-state index is -3.68. The maximum atomic E-state index is 12.5. The van der Waals surface area contributed by atoms with E-state index in [-0.39, 0.29) is 11.4 Å². The smallest absolute Gasteiger partial charge is 0.257 e. The Morgan fingerprint density at radius 3 is 2.52 bits per heavy atom. The molecule has 1 aliphatic heterocycles. The number of rotatable bonds is 5. The van der Waals surface area contributed by atoms with Crippen LogP contribution in [0.15, 0.2) is 23.1 Å². The van der Waals surface area contributed by atoms with Crippen molar-refractivity contribution in [2.45, 2.75) is 11.4 Å². The van der Waals surface area contributed by atoms with Crippen molar-refractivity contribution in [2.24, 2.45) is 5.73 Å². The lowest BCUT2D eigenvalue weighted by molar-refractivity contribution is 0.134. The van der Waals surface area contributed by atoms with E-state index in [1.807, 2.05) is 7.05 Å². The Morgan fingerprint density at radius 2 is 1.95 bits per heavy atom. The molecule has 0 amide bonds. The summed E-state index contributed by atoms with van der Waals surface area (Å²) in [5.74, 6) is 0.314. The number of nitrogens with two attached hydrogens (primary N) is 1. The molecule has 0 saturated carbocycles. The van der Waals surface area contributed by atoms with Crippen molar-refractivity contribution in [3.8, 4) is 5.75 Å². The van der Waals surface area contributed by atoms with Gasteiger partial charge in [-0.25, -0.2) is 13.4 Å². The number of hydrogen-bond donors (Lipinski definition) is 2. The SMILES string of the molecule is COc1ccc(CN)cc1S(=O)(=O)NN1CCN(C)CC1. The molecule has 0 spiro atoms. The first-order valence-corrected chi connectivity index (χ1v) is 8.27. The number of methoxy groups -OCH3 is 1. The highest BCUT2D eigenvalue weighted by atomic mass is 32.2. The van der Waals surface area contributed by atoms with Gasteiger partial charge in [-0.05, 0) is 24.7 Å². The lowest BCUT2D eigenvalue weighted by Gasteiger charge is -2.32. The molecule has 0 unspecified atom stereocenters. The molecule has 3 N–H and O–H groups in total. The van der Waals surface area contributed by atoms with Gasteiger partial charge < -0.3 is 15.4 Å². The molecule has 0 bridgehead atoms. The van der Waals surface area contributed by atoms with E-state index in [2.05, 4.69) is 9.73 Å². The zero-order valence-electron chi connectivity index (χ0n) is 12.4. The largest absolute Gasteiger partial charge is 0.495 e. The minimum Gasteiger partial charge on any atom is -0.495 e. The predicted molar refractivity (Wildman–Crippen MR) is 80.3 cm³/mol. The molecule has 1 aliphatic rings. The van der Waals surface area contributed by atoms with Crippen molar-refractivity contribution in [1.29, 1.82) is 0 Å². The van der Waals surface area contributed by atoms with Gasteiger partial charge >= 0.3 is 0 Å². The molecule has 0 atom stereocenters. The second-order valence-electron chi connectivity index (χ2n) is 5.07. The van der Waals surface area contributed by atoms with Crippen molar-refractivity contribution < 1.29 is 13.2 Å². The summed E-state index contributed by atoms with van der Waals surface area (Å²) in [7, 11) is -0.212. The molecule has 21 heavy (non-hydrogen) atoms. The fourth-order valence-electron chi connectivity index (χ4n) is 2.17. The number of likely N-dealkylation sites (N-methyl/N-ethyl adjacent to an activating group) is 1. The van der Waals surface area contributed by atoms with E-state index in [1.165, 1.54) is 7.11 Å². The Balaban J connectivity index is 2.22. The van der Waals surface area contributed by atoms with Crippen LogP contribution in [0.5, 0.6) is 5.75 Å². The third-order valence-electron chi connectivity index (χ3n) is 3.51. The molecule has 1 heterocycles. The van der Waals surface area contributed by atoms with Gasteiger partial charge in [-0.1, -0.05) is 6.07 Å². The first-order chi connectivity index (χ1) is 9.96. The Hall–Kier alpha value is -1.19. The molecule has 118 valence electrons. The van der Waals surface area contributed by atoms with Gasteiger partial charge in [0.05, 0.1) is 7.11 Å². The Bertz CT molecular complexity index is 583. The summed E-state index contributed by atoms with van der Waals surface area (Å²) in [6, 6.07) is 4.94. The van der Waals surface area contributed by atoms with E-state index < -0.39 is 10.0 Å². The summed E-state index contributed by atoms with van der Waals surface area (Å²) >= 11 is 0. The van der Waals surface area contributed by atoms with Crippen molar-refractivity contribution in [3.05, 3.63) is 23.8 Å². The van der Waals surface area contributed by atoms with E-state index in [0.29, 0.717) is 18.8 Å². The number of ether oxygens (including phenoxy) is 1. The van der Waals surface area contributed by atoms with Crippen molar-refractivity contribution in [3.63, 3.8) is 0 Å². The van der Waals surface area contributed by atoms with Crippen LogP contribution in [0.4, 0.5) is 0 Å². The molecule has 1 saturated heterocycles. The van der Waals surface area contributed by atoms with Gasteiger partial charge in [-0.3, -0.25) is 0 Å². The molecule has 0 aliphatic carbocycles. The van der Waals surface area contributed by atoms with Crippen molar-refractivity contribution in [2.75, 3.05) is 40.3 Å². The summed E-state index contributed by atoms with van der Waals surface area (Å²) in [6.07, 6.45) is 0. The van der Waals surface area contributed by atoms with Crippen LogP contribution in [0.2, 0.25) is 0 Å². The first-order valence-electron chi connectivity index (χ1n) is 6.79. The van der Waals surface area contributed by atoms with E-state index in [4.69, 9.17) is 10.5 Å². The number of hydrogen-bond acceptors (Lipinski definition) is 6. The van der Waals surface area contributed by atoms with Gasteiger partial charge in [0.15, 0.2) is 0 Å². The van der Waals surface area contributed by atoms with Gasteiger partial charge in [0, 0.05) is 32.7 Å². The molecule has 1 fully saturated rings. The van der Waals surface area contributed by atoms with Crippen LogP contribution in [0.25, 0.3) is 0 Å². The summed E-state index contributed by atoms with van der Waals surface area (Å²) in [4.78, 5) is 4.89. The fourth-order valence-corrected chi connectivity index (χ4v) is 3.52. The van der Waals surface area contributed by atoms with Gasteiger partial charge in [0.25, 0.3) is 10.0 Å². The van der Waals surface area contributed by atoms with Crippen LogP contribution < -0.4 is 15.3 Å². The van der Waals surface area contributed by atoms with E-state index in [9.17, 15) is 8.42 Å². The highest BCUT2D eigenvalue weighted by Crippen LogP contribution is 2.25. The molecule has 1 aromatic carbocycles. The first kappa shape index (κ1) is 16.2. The minimum absolute atomic E-state index is 0.117. The second-order valence-corrected chi connectivity index (χ2v) is 6.70. The molecular formula is C13H22N4O3S. The second kappa shape index (κ2) is 6.71. The average molecular weight is 314 g/mol. The number of piperazine rings is 1. The van der Waals surface area contributed by atoms with Gasteiger partial charge in [-0.15, -0.1) is 4.83 Å². The quantitative estimate of drug-likeness (QED) is 0.768. The van der Waals surface area contributed by atoms with Crippen LogP contribution in [0, 0.1) is 0 Å². The molecule has 7 nitrogen and oxygen atoms in total. The van der Waals surface area contributed by atoms with Crippen LogP contribution in [-0.4, -0.2) is 58.7 Å². The standard InChI is InChI=1S/C13H22N4O3S/c1-16-5-7-17(8-6-16)15-21(18,19)13-9-11(10-14)3-4-12(13)20-2/h3-4,9,15H,5-8,10,14H2,1-2H3. The summed E-state index contributed by atoms with van der Waals surface area (Å²) in [5, 5.41) is 1.71. The lowest BCUT2D eigenvalue weighted by Crippen LogP contribution is -2.52. The fraction of sp³-hybridized carbons (Fsp3) is 0.538. The lowest BCUT2D eigenvalue weighted by atomic mass is 10.2. The third-order valence-corrected chi connectivity index (χ3v) is 4.90. The van der Waals surface area contributed by atoms with Crippen LogP contribution in [0.3, 0.4) is 0 Å². The highest BCUT2D eigenvalue weighted by molar-refractivity contribution is 7.89.